The number of rotatable bonds is 2. The van der Waals surface area contributed by atoms with E-state index in [1.54, 1.807) is 0 Å². The summed E-state index contributed by atoms with van der Waals surface area (Å²) in [5.41, 5.74) is 1.19. The van der Waals surface area contributed by atoms with Gasteiger partial charge in [-0.2, -0.15) is 0 Å². The van der Waals surface area contributed by atoms with Crippen LogP contribution in [0.3, 0.4) is 0 Å². The van der Waals surface area contributed by atoms with Gasteiger partial charge in [0.15, 0.2) is 5.78 Å². The number of pyridine rings is 1. The van der Waals surface area contributed by atoms with Crippen LogP contribution in [0.4, 0.5) is 0 Å². The highest BCUT2D eigenvalue weighted by atomic mass is 16.5. The molecule has 0 bridgehead atoms. The molecule has 0 radical (unpaired) electrons. The van der Waals surface area contributed by atoms with Crippen LogP contribution < -0.4 is 4.74 Å². The zero-order valence-electron chi connectivity index (χ0n) is 13.8. The number of Topliss-reactive ketones (excluding diaryl/α,β-unsaturated/α-hetero) is 1. The first kappa shape index (κ1) is 14.9. The number of benzene rings is 2. The first-order chi connectivity index (χ1) is 11.6. The maximum atomic E-state index is 13.1. The number of hydrogen-bond donors (Lipinski definition) is 0. The molecule has 0 amide bonds. The molecule has 0 fully saturated rings. The number of hydrogen-bond acceptors (Lipinski definition) is 3. The summed E-state index contributed by atoms with van der Waals surface area (Å²) in [7, 11) is 0. The Morgan fingerprint density at radius 3 is 2.67 bits per heavy atom. The lowest BCUT2D eigenvalue weighted by atomic mass is 9.71. The van der Waals surface area contributed by atoms with E-state index >= 15 is 0 Å². The van der Waals surface area contributed by atoms with Crippen LogP contribution in [0.2, 0.25) is 0 Å². The Morgan fingerprint density at radius 2 is 1.79 bits per heavy atom. The third kappa shape index (κ3) is 2.20. The second-order valence-electron chi connectivity index (χ2n) is 6.83. The maximum absolute atomic E-state index is 13.1. The predicted molar refractivity (Wildman–Crippen MR) is 94.5 cm³/mol. The minimum Gasteiger partial charge on any atom is -0.492 e. The summed E-state index contributed by atoms with van der Waals surface area (Å²) < 4.78 is 5.88. The van der Waals surface area contributed by atoms with Crippen LogP contribution in [0, 0.1) is 5.92 Å². The molecular formula is C21H19NO2. The molecule has 24 heavy (non-hydrogen) atoms. The molecule has 0 N–H and O–H groups in total. The summed E-state index contributed by atoms with van der Waals surface area (Å²) in [6, 6.07) is 17.6. The Labute approximate surface area is 141 Å². The molecule has 1 atom stereocenters. The van der Waals surface area contributed by atoms with Crippen molar-refractivity contribution in [3.63, 3.8) is 0 Å². The van der Waals surface area contributed by atoms with Crippen LogP contribution >= 0.6 is 0 Å². The standard InChI is InChI=1S/C21H19NO2/c1-21(2,20-15-8-4-3-7-14(15)11-12-22-20)17-13-24-18-10-6-5-9-16(18)19(17)23/h3-12,17H,13H2,1-2H3. The van der Waals surface area contributed by atoms with Gasteiger partial charge in [-0.3, -0.25) is 9.78 Å². The van der Waals surface area contributed by atoms with Crippen molar-refractivity contribution in [2.75, 3.05) is 6.61 Å². The van der Waals surface area contributed by atoms with E-state index < -0.39 is 5.41 Å². The number of para-hydroxylation sites is 1. The lowest BCUT2D eigenvalue weighted by Crippen LogP contribution is -2.42. The monoisotopic (exact) mass is 317 g/mol. The van der Waals surface area contributed by atoms with E-state index in [0.29, 0.717) is 17.9 Å². The van der Waals surface area contributed by atoms with Crippen molar-refractivity contribution in [1.82, 2.24) is 4.98 Å². The molecule has 0 spiro atoms. The van der Waals surface area contributed by atoms with Crippen LogP contribution in [0.1, 0.15) is 29.9 Å². The fourth-order valence-corrected chi connectivity index (χ4v) is 3.57. The number of aromatic nitrogens is 1. The van der Waals surface area contributed by atoms with Crippen LogP contribution in [-0.2, 0) is 5.41 Å². The summed E-state index contributed by atoms with van der Waals surface area (Å²) >= 11 is 0. The van der Waals surface area contributed by atoms with Crippen LogP contribution in [0.5, 0.6) is 5.75 Å². The summed E-state index contributed by atoms with van der Waals surface area (Å²) in [6.45, 7) is 4.55. The molecular weight excluding hydrogens is 298 g/mol. The van der Waals surface area contributed by atoms with Gasteiger partial charge in [0.1, 0.15) is 5.75 Å². The number of ether oxygens (including phenoxy) is 1. The lowest BCUT2D eigenvalue weighted by molar-refractivity contribution is 0.0734. The minimum absolute atomic E-state index is 0.136. The van der Waals surface area contributed by atoms with Crippen LogP contribution in [-0.4, -0.2) is 17.4 Å². The number of nitrogens with zero attached hydrogens (tertiary/aromatic N) is 1. The molecule has 3 nitrogen and oxygen atoms in total. The number of ketones is 1. The van der Waals surface area contributed by atoms with Crippen molar-refractivity contribution in [1.29, 1.82) is 0 Å². The van der Waals surface area contributed by atoms with Gasteiger partial charge in [-0.05, 0) is 23.6 Å². The lowest BCUT2D eigenvalue weighted by Gasteiger charge is -2.36. The number of carbonyl (C=O) groups is 1. The molecule has 0 saturated heterocycles. The highest BCUT2D eigenvalue weighted by Gasteiger charge is 2.42. The predicted octanol–water partition coefficient (Wildman–Crippen LogP) is 4.40. The second kappa shape index (κ2) is 5.45. The minimum atomic E-state index is -0.425. The molecule has 3 heteroatoms. The maximum Gasteiger partial charge on any atom is 0.174 e. The third-order valence-electron chi connectivity index (χ3n) is 5.03. The van der Waals surface area contributed by atoms with E-state index in [1.807, 2.05) is 48.7 Å². The van der Waals surface area contributed by atoms with Crippen LogP contribution in [0.25, 0.3) is 10.8 Å². The molecule has 0 saturated carbocycles. The Bertz CT molecular complexity index is 925. The summed E-state index contributed by atoms with van der Waals surface area (Å²) in [5, 5.41) is 2.23. The first-order valence-corrected chi connectivity index (χ1v) is 8.19. The molecule has 2 aromatic carbocycles. The van der Waals surface area contributed by atoms with E-state index in [4.69, 9.17) is 4.74 Å². The Hall–Kier alpha value is -2.68. The molecule has 0 aliphatic carbocycles. The zero-order valence-corrected chi connectivity index (χ0v) is 13.8. The Kier molecular flexibility index (Phi) is 3.38. The van der Waals surface area contributed by atoms with Gasteiger partial charge >= 0.3 is 0 Å². The van der Waals surface area contributed by atoms with Gasteiger partial charge in [0, 0.05) is 17.0 Å². The molecule has 1 aliphatic heterocycles. The zero-order chi connectivity index (χ0) is 16.7. The second-order valence-corrected chi connectivity index (χ2v) is 6.83. The number of fused-ring (bicyclic) bond motifs is 2. The Morgan fingerprint density at radius 1 is 1.04 bits per heavy atom. The van der Waals surface area contributed by atoms with Gasteiger partial charge in [0.2, 0.25) is 0 Å². The van der Waals surface area contributed by atoms with Gasteiger partial charge in [-0.25, -0.2) is 0 Å². The summed E-state index contributed by atoms with van der Waals surface area (Å²) in [5.74, 6) is 0.558. The summed E-state index contributed by atoms with van der Waals surface area (Å²) in [6.07, 6.45) is 1.82. The van der Waals surface area contributed by atoms with E-state index in [9.17, 15) is 4.79 Å². The molecule has 1 aliphatic rings. The quantitative estimate of drug-likeness (QED) is 0.703. The SMILES string of the molecule is CC(C)(c1nccc2ccccc12)C1COc2ccccc2C1=O. The molecule has 3 aromatic rings. The number of carbonyl (C=O) groups excluding carboxylic acids is 1. The average Bonchev–Trinajstić information content (AvgIpc) is 2.61. The molecule has 2 heterocycles. The van der Waals surface area contributed by atoms with E-state index in [2.05, 4.69) is 31.0 Å². The molecule has 1 unspecified atom stereocenters. The molecule has 1 aromatic heterocycles. The molecule has 120 valence electrons. The van der Waals surface area contributed by atoms with E-state index in [1.165, 1.54) is 0 Å². The fourth-order valence-electron chi connectivity index (χ4n) is 3.57. The van der Waals surface area contributed by atoms with Gasteiger partial charge in [0.25, 0.3) is 0 Å². The first-order valence-electron chi connectivity index (χ1n) is 8.19. The van der Waals surface area contributed by atoms with Crippen molar-refractivity contribution in [3.8, 4) is 5.75 Å². The fraction of sp³-hybridized carbons (Fsp3) is 0.238. The van der Waals surface area contributed by atoms with E-state index in [-0.39, 0.29) is 11.7 Å². The van der Waals surface area contributed by atoms with Gasteiger partial charge in [-0.15, -0.1) is 0 Å². The van der Waals surface area contributed by atoms with Crippen molar-refractivity contribution in [3.05, 3.63) is 72.1 Å². The highest BCUT2D eigenvalue weighted by Crippen LogP contribution is 2.40. The van der Waals surface area contributed by atoms with Crippen molar-refractivity contribution in [2.24, 2.45) is 5.92 Å². The molecule has 4 rings (SSSR count). The van der Waals surface area contributed by atoms with Crippen LogP contribution in [0.15, 0.2) is 60.8 Å². The van der Waals surface area contributed by atoms with Crippen molar-refractivity contribution in [2.45, 2.75) is 19.3 Å². The van der Waals surface area contributed by atoms with Crippen molar-refractivity contribution < 1.29 is 9.53 Å². The third-order valence-corrected chi connectivity index (χ3v) is 5.03. The largest absolute Gasteiger partial charge is 0.492 e. The summed E-state index contributed by atoms with van der Waals surface area (Å²) in [4.78, 5) is 17.7. The smallest absolute Gasteiger partial charge is 0.174 e. The van der Waals surface area contributed by atoms with Gasteiger partial charge in [-0.1, -0.05) is 50.2 Å². The average molecular weight is 317 g/mol. The highest BCUT2D eigenvalue weighted by molar-refractivity contribution is 6.02. The van der Waals surface area contributed by atoms with Gasteiger partial charge < -0.3 is 4.74 Å². The van der Waals surface area contributed by atoms with Crippen molar-refractivity contribution >= 4 is 16.6 Å². The van der Waals surface area contributed by atoms with Gasteiger partial charge in [0.05, 0.1) is 23.8 Å². The Balaban J connectivity index is 1.82. The topological polar surface area (TPSA) is 39.2 Å². The van der Waals surface area contributed by atoms with E-state index in [0.717, 1.165) is 16.5 Å². The normalized spacial score (nSPS) is 17.4.